The van der Waals surface area contributed by atoms with Crippen LogP contribution in [0.25, 0.3) is 0 Å². The van der Waals surface area contributed by atoms with Crippen LogP contribution in [0.3, 0.4) is 0 Å². The van der Waals surface area contributed by atoms with E-state index >= 15 is 0 Å². The summed E-state index contributed by atoms with van der Waals surface area (Å²) < 4.78 is 45.7. The molecule has 0 radical (unpaired) electrons. The Bertz CT molecular complexity index is 963. The summed E-state index contributed by atoms with van der Waals surface area (Å²) >= 11 is 5.83. The van der Waals surface area contributed by atoms with Gasteiger partial charge in [0, 0.05) is 22.6 Å². The molecule has 0 aliphatic heterocycles. The number of nitrogens with zero attached hydrogens (tertiary/aromatic N) is 2. The molecule has 0 spiro atoms. The minimum absolute atomic E-state index is 0.0270. The van der Waals surface area contributed by atoms with Crippen LogP contribution in [0, 0.1) is 0 Å². The third kappa shape index (κ3) is 6.00. The lowest BCUT2D eigenvalue weighted by Gasteiger charge is -2.15. The molecule has 3 rings (SSSR count). The number of anilines is 4. The van der Waals surface area contributed by atoms with E-state index in [2.05, 4.69) is 27.5 Å². The summed E-state index contributed by atoms with van der Waals surface area (Å²) in [6.45, 7) is 2.71. The van der Waals surface area contributed by atoms with Gasteiger partial charge in [-0.05, 0) is 55.0 Å². The van der Waals surface area contributed by atoms with Crippen LogP contribution in [0.4, 0.5) is 36.3 Å². The summed E-state index contributed by atoms with van der Waals surface area (Å²) in [5.74, 6) is 0.383. The molecule has 0 amide bonds. The highest BCUT2D eigenvalue weighted by molar-refractivity contribution is 6.30. The average Bonchev–Trinajstić information content (AvgIpc) is 2.70. The van der Waals surface area contributed by atoms with Crippen molar-refractivity contribution in [3.8, 4) is 5.75 Å². The van der Waals surface area contributed by atoms with E-state index in [9.17, 15) is 13.2 Å². The third-order valence-electron chi connectivity index (χ3n) is 4.08. The Balaban J connectivity index is 1.79. The van der Waals surface area contributed by atoms with Crippen LogP contribution in [0.1, 0.15) is 25.3 Å². The SMILES string of the molecule is CCCCOc1ccc(Nc2ncc(C(F)(F)F)c(Nc3ccc(Cl)cc3)n2)cc1. The average molecular weight is 437 g/mol. The van der Waals surface area contributed by atoms with Gasteiger partial charge in [0.15, 0.2) is 0 Å². The van der Waals surface area contributed by atoms with Crippen LogP contribution in [0.2, 0.25) is 5.02 Å². The van der Waals surface area contributed by atoms with Gasteiger partial charge in [-0.3, -0.25) is 0 Å². The zero-order valence-electron chi connectivity index (χ0n) is 16.1. The quantitative estimate of drug-likeness (QED) is 0.379. The number of unbranched alkanes of at least 4 members (excludes halogenated alkanes) is 1. The highest BCUT2D eigenvalue weighted by atomic mass is 35.5. The summed E-state index contributed by atoms with van der Waals surface area (Å²) in [6.07, 6.45) is -1.86. The van der Waals surface area contributed by atoms with Crippen LogP contribution < -0.4 is 15.4 Å². The van der Waals surface area contributed by atoms with E-state index in [0.29, 0.717) is 28.8 Å². The lowest BCUT2D eigenvalue weighted by Crippen LogP contribution is -2.12. The number of benzene rings is 2. The van der Waals surface area contributed by atoms with Gasteiger partial charge in [0.25, 0.3) is 0 Å². The molecule has 158 valence electrons. The molecule has 0 atom stereocenters. The van der Waals surface area contributed by atoms with Crippen molar-refractivity contribution in [1.29, 1.82) is 0 Å². The number of aromatic nitrogens is 2. The van der Waals surface area contributed by atoms with Gasteiger partial charge in [0.2, 0.25) is 5.95 Å². The van der Waals surface area contributed by atoms with Crippen molar-refractivity contribution in [2.75, 3.05) is 17.2 Å². The van der Waals surface area contributed by atoms with Crippen molar-refractivity contribution >= 4 is 34.7 Å². The second kappa shape index (κ2) is 9.67. The predicted molar refractivity (Wildman–Crippen MR) is 112 cm³/mol. The minimum Gasteiger partial charge on any atom is -0.494 e. The van der Waals surface area contributed by atoms with Gasteiger partial charge in [-0.2, -0.15) is 18.2 Å². The lowest BCUT2D eigenvalue weighted by atomic mass is 10.2. The second-order valence-electron chi connectivity index (χ2n) is 6.44. The topological polar surface area (TPSA) is 59.1 Å². The molecule has 0 aliphatic carbocycles. The second-order valence-corrected chi connectivity index (χ2v) is 6.87. The van der Waals surface area contributed by atoms with Crippen molar-refractivity contribution in [3.63, 3.8) is 0 Å². The number of hydrogen-bond donors (Lipinski definition) is 2. The predicted octanol–water partition coefficient (Wildman–Crippen LogP) is 6.81. The zero-order chi connectivity index (χ0) is 21.6. The van der Waals surface area contributed by atoms with Crippen LogP contribution in [0.15, 0.2) is 54.7 Å². The molecule has 0 bridgehead atoms. The largest absolute Gasteiger partial charge is 0.494 e. The molecule has 0 saturated heterocycles. The molecule has 0 saturated carbocycles. The third-order valence-corrected chi connectivity index (χ3v) is 4.33. The number of ether oxygens (including phenoxy) is 1. The number of rotatable bonds is 8. The fourth-order valence-corrected chi connectivity index (χ4v) is 2.64. The van der Waals surface area contributed by atoms with Gasteiger partial charge in [-0.25, -0.2) is 4.98 Å². The maximum atomic E-state index is 13.4. The summed E-state index contributed by atoms with van der Waals surface area (Å²) in [5, 5.41) is 6.06. The van der Waals surface area contributed by atoms with E-state index in [0.717, 1.165) is 19.0 Å². The van der Waals surface area contributed by atoms with E-state index in [1.54, 1.807) is 48.5 Å². The first kappa shape index (κ1) is 21.7. The fourth-order valence-electron chi connectivity index (χ4n) is 2.51. The monoisotopic (exact) mass is 436 g/mol. The Kier molecular flexibility index (Phi) is 6.99. The molecule has 1 aromatic heterocycles. The molecular formula is C21H20ClF3N4O. The minimum atomic E-state index is -4.61. The summed E-state index contributed by atoms with van der Waals surface area (Å²) in [6, 6.07) is 13.3. The number of hydrogen-bond acceptors (Lipinski definition) is 5. The van der Waals surface area contributed by atoms with Gasteiger partial charge < -0.3 is 15.4 Å². The van der Waals surface area contributed by atoms with Crippen molar-refractivity contribution in [1.82, 2.24) is 9.97 Å². The van der Waals surface area contributed by atoms with Gasteiger partial charge in [0.05, 0.1) is 6.61 Å². The number of nitrogens with one attached hydrogen (secondary N) is 2. The van der Waals surface area contributed by atoms with Crippen LogP contribution in [-0.4, -0.2) is 16.6 Å². The van der Waals surface area contributed by atoms with E-state index in [4.69, 9.17) is 16.3 Å². The molecule has 1 heterocycles. The van der Waals surface area contributed by atoms with Gasteiger partial charge in [0.1, 0.15) is 17.1 Å². The zero-order valence-corrected chi connectivity index (χ0v) is 16.9. The molecule has 0 aliphatic rings. The maximum Gasteiger partial charge on any atom is 0.421 e. The van der Waals surface area contributed by atoms with Gasteiger partial charge in [-0.1, -0.05) is 24.9 Å². The molecule has 5 nitrogen and oxygen atoms in total. The first-order valence-electron chi connectivity index (χ1n) is 9.32. The summed E-state index contributed by atoms with van der Waals surface area (Å²) in [7, 11) is 0. The van der Waals surface area contributed by atoms with Gasteiger partial charge in [-0.15, -0.1) is 0 Å². The van der Waals surface area contributed by atoms with E-state index in [1.807, 2.05) is 0 Å². The van der Waals surface area contributed by atoms with Crippen LogP contribution in [0.5, 0.6) is 5.75 Å². The normalized spacial score (nSPS) is 11.2. The summed E-state index contributed by atoms with van der Waals surface area (Å²) in [5.41, 5.74) is 0.0702. The molecule has 2 aromatic carbocycles. The Hall–Kier alpha value is -3.00. The standard InChI is InChI=1S/C21H20ClF3N4O/c1-2-3-12-30-17-10-8-16(9-11-17)28-20-26-13-18(21(23,24)25)19(29-20)27-15-6-4-14(22)5-7-15/h4-11,13H,2-3,12H2,1H3,(H2,26,27,28,29). The van der Waals surface area contributed by atoms with Gasteiger partial charge >= 0.3 is 6.18 Å². The highest BCUT2D eigenvalue weighted by Crippen LogP contribution is 2.35. The first-order chi connectivity index (χ1) is 14.3. The Morgan fingerprint density at radius 3 is 2.23 bits per heavy atom. The van der Waals surface area contributed by atoms with E-state index in [-0.39, 0.29) is 11.8 Å². The Labute approximate surface area is 177 Å². The Morgan fingerprint density at radius 2 is 1.60 bits per heavy atom. The van der Waals surface area contributed by atoms with Crippen LogP contribution in [-0.2, 0) is 6.18 Å². The molecule has 9 heteroatoms. The van der Waals surface area contributed by atoms with Crippen molar-refractivity contribution in [3.05, 3.63) is 65.3 Å². The molecule has 2 N–H and O–H groups in total. The van der Waals surface area contributed by atoms with E-state index in [1.165, 1.54) is 0 Å². The number of alkyl halides is 3. The number of halogens is 4. The van der Waals surface area contributed by atoms with Crippen LogP contribution >= 0.6 is 11.6 Å². The van der Waals surface area contributed by atoms with E-state index < -0.39 is 11.7 Å². The molecule has 0 fully saturated rings. The highest BCUT2D eigenvalue weighted by Gasteiger charge is 2.35. The molecule has 30 heavy (non-hydrogen) atoms. The smallest absolute Gasteiger partial charge is 0.421 e. The first-order valence-corrected chi connectivity index (χ1v) is 9.69. The molecule has 3 aromatic rings. The van der Waals surface area contributed by atoms with Crippen molar-refractivity contribution in [2.45, 2.75) is 25.9 Å². The fraction of sp³-hybridized carbons (Fsp3) is 0.238. The van der Waals surface area contributed by atoms with Crippen molar-refractivity contribution < 1.29 is 17.9 Å². The van der Waals surface area contributed by atoms with Crippen molar-refractivity contribution in [2.24, 2.45) is 0 Å². The molecule has 0 unspecified atom stereocenters. The lowest BCUT2D eigenvalue weighted by molar-refractivity contribution is -0.137. The maximum absolute atomic E-state index is 13.4. The summed E-state index contributed by atoms with van der Waals surface area (Å²) in [4.78, 5) is 7.82. The Morgan fingerprint density at radius 1 is 0.967 bits per heavy atom. The molecular weight excluding hydrogens is 417 g/mol.